The Labute approximate surface area is 265 Å². The molecule has 0 spiro atoms. The van der Waals surface area contributed by atoms with Crippen molar-refractivity contribution in [2.45, 2.75) is 122 Å². The predicted octanol–water partition coefficient (Wildman–Crippen LogP) is 3.64. The summed E-state index contributed by atoms with van der Waals surface area (Å²) in [6, 6.07) is -3.01. The molecule has 0 aromatic carbocycles. The Kier molecular flexibility index (Phi) is 9.19. The second-order valence-electron chi connectivity index (χ2n) is 15.7. The number of urea groups is 1. The molecule has 4 fully saturated rings. The highest BCUT2D eigenvalue weighted by molar-refractivity contribution is 8.02. The maximum absolute atomic E-state index is 14.3. The van der Waals surface area contributed by atoms with Crippen LogP contribution in [0.1, 0.15) is 98.8 Å². The fourth-order valence-electron chi connectivity index (χ4n) is 7.95. The molecule has 0 radical (unpaired) electrons. The van der Waals surface area contributed by atoms with Gasteiger partial charge in [-0.2, -0.15) is 0 Å². The third kappa shape index (κ3) is 6.97. The van der Waals surface area contributed by atoms with Gasteiger partial charge in [0.2, 0.25) is 17.6 Å². The van der Waals surface area contributed by atoms with E-state index in [-0.39, 0.29) is 40.6 Å². The minimum atomic E-state index is -1.07. The van der Waals surface area contributed by atoms with Crippen molar-refractivity contribution >= 4 is 41.3 Å². The van der Waals surface area contributed by atoms with Gasteiger partial charge in [0.05, 0.1) is 6.04 Å². The highest BCUT2D eigenvalue weighted by Gasteiger charge is 2.70. The van der Waals surface area contributed by atoms with Crippen molar-refractivity contribution < 1.29 is 24.0 Å². The summed E-state index contributed by atoms with van der Waals surface area (Å²) in [5.41, 5.74) is 5.61. The van der Waals surface area contributed by atoms with E-state index in [1.165, 1.54) is 5.57 Å². The van der Waals surface area contributed by atoms with Crippen LogP contribution in [0.4, 0.5) is 4.79 Å². The number of fused-ring (bicyclic) bond motifs is 1. The molecule has 244 valence electrons. The molecule has 0 aromatic rings. The van der Waals surface area contributed by atoms with Crippen LogP contribution in [0.3, 0.4) is 0 Å². The maximum Gasteiger partial charge on any atom is 0.315 e. The third-order valence-corrected chi connectivity index (χ3v) is 11.8. The van der Waals surface area contributed by atoms with E-state index < -0.39 is 41.1 Å². The number of nitrogens with zero attached hydrogens (tertiary/aromatic N) is 1. The molecule has 3 aliphatic carbocycles. The molecule has 1 unspecified atom stereocenters. The van der Waals surface area contributed by atoms with Crippen LogP contribution in [0.25, 0.3) is 0 Å². The number of carbonyl (C=O) groups excluding carboxylic acids is 5. The van der Waals surface area contributed by atoms with E-state index in [9.17, 15) is 24.0 Å². The van der Waals surface area contributed by atoms with E-state index in [2.05, 4.69) is 35.2 Å². The lowest BCUT2D eigenvalue weighted by molar-refractivity contribution is -0.145. The van der Waals surface area contributed by atoms with E-state index in [1.54, 1.807) is 4.90 Å². The Morgan fingerprint density at radius 2 is 1.75 bits per heavy atom. The molecular formula is C33H51N5O5S. The Hall–Kier alpha value is -2.56. The van der Waals surface area contributed by atoms with Gasteiger partial charge in [-0.3, -0.25) is 19.2 Å². The van der Waals surface area contributed by atoms with Gasteiger partial charge in [-0.05, 0) is 66.1 Å². The smallest absolute Gasteiger partial charge is 0.315 e. The molecular weight excluding hydrogens is 578 g/mol. The van der Waals surface area contributed by atoms with Crippen LogP contribution in [0.5, 0.6) is 0 Å². The number of carbonyl (C=O) groups is 5. The quantitative estimate of drug-likeness (QED) is 0.256. The van der Waals surface area contributed by atoms with Crippen LogP contribution in [0, 0.1) is 28.6 Å². The average molecular weight is 630 g/mol. The van der Waals surface area contributed by atoms with Crippen molar-refractivity contribution in [3.63, 3.8) is 0 Å². The number of nitrogens with one attached hydrogen (secondary N) is 3. The summed E-state index contributed by atoms with van der Waals surface area (Å²) >= 11 is 1.82. The minimum absolute atomic E-state index is 0.0748. The van der Waals surface area contributed by atoms with Gasteiger partial charge in [-0.15, -0.1) is 11.8 Å². The summed E-state index contributed by atoms with van der Waals surface area (Å²) in [6.45, 7) is 10.3. The van der Waals surface area contributed by atoms with Gasteiger partial charge in [-0.25, -0.2) is 4.79 Å². The maximum atomic E-state index is 14.3. The lowest BCUT2D eigenvalue weighted by atomic mass is 9.77. The summed E-state index contributed by atoms with van der Waals surface area (Å²) in [5, 5.41) is 11.4. The van der Waals surface area contributed by atoms with Gasteiger partial charge < -0.3 is 26.6 Å². The van der Waals surface area contributed by atoms with E-state index in [0.29, 0.717) is 13.0 Å². The number of primary amides is 1. The van der Waals surface area contributed by atoms with E-state index >= 15 is 0 Å². The Morgan fingerprint density at radius 3 is 2.32 bits per heavy atom. The van der Waals surface area contributed by atoms with Crippen LogP contribution in [0.15, 0.2) is 11.0 Å². The van der Waals surface area contributed by atoms with Crippen molar-refractivity contribution in [2.75, 3.05) is 12.3 Å². The number of hydrogen-bond donors (Lipinski definition) is 4. The van der Waals surface area contributed by atoms with Gasteiger partial charge in [0.15, 0.2) is 0 Å². The molecule has 10 nitrogen and oxygen atoms in total. The number of likely N-dealkylation sites (tertiary alicyclic amines) is 1. The number of ketones is 1. The molecule has 44 heavy (non-hydrogen) atoms. The van der Waals surface area contributed by atoms with Crippen molar-refractivity contribution in [1.29, 1.82) is 0 Å². The topological polar surface area (TPSA) is 151 Å². The van der Waals surface area contributed by atoms with E-state index in [0.717, 1.165) is 63.5 Å². The van der Waals surface area contributed by atoms with E-state index in [4.69, 9.17) is 5.73 Å². The van der Waals surface area contributed by atoms with Crippen molar-refractivity contribution in [1.82, 2.24) is 20.9 Å². The standard InChI is InChI=1S/C33H51N5O5S/c1-31(2,3)26(36-30(43)37-33(12-7-6-8-13-33)16-20-11-14-44-18-20)29(42)38-17-21-23(32(21,4)5)24(38)28(41)35-22(15-19-9-10-19)25(39)27(34)40/h18-19,21-24,26H,6-17H2,1-5H3,(H2,34,40)(H,35,41)(H2,36,37,43)/t21-,22?,23-,24-,26+/m0/s1. The summed E-state index contributed by atoms with van der Waals surface area (Å²) < 4.78 is 0. The number of piperidine rings is 1. The van der Waals surface area contributed by atoms with Gasteiger partial charge in [-0.1, -0.05) is 72.3 Å². The Morgan fingerprint density at radius 1 is 1.07 bits per heavy atom. The molecule has 11 heteroatoms. The van der Waals surface area contributed by atoms with Gasteiger partial charge in [0.25, 0.3) is 5.91 Å². The van der Waals surface area contributed by atoms with Crippen LogP contribution < -0.4 is 21.7 Å². The highest BCUT2D eigenvalue weighted by Crippen LogP contribution is 2.65. The predicted molar refractivity (Wildman–Crippen MR) is 170 cm³/mol. The van der Waals surface area contributed by atoms with Crippen LogP contribution in [-0.4, -0.2) is 70.4 Å². The van der Waals surface area contributed by atoms with Crippen LogP contribution in [0.2, 0.25) is 0 Å². The first kappa shape index (κ1) is 32.8. The Bertz CT molecular complexity index is 1220. The summed E-state index contributed by atoms with van der Waals surface area (Å²) in [6.07, 6.45) is 9.25. The van der Waals surface area contributed by atoms with Gasteiger partial charge in [0.1, 0.15) is 12.1 Å². The zero-order valence-electron chi connectivity index (χ0n) is 27.0. The molecule has 2 heterocycles. The molecule has 5 atom stereocenters. The summed E-state index contributed by atoms with van der Waals surface area (Å²) in [7, 11) is 0. The van der Waals surface area contributed by atoms with Gasteiger partial charge >= 0.3 is 6.03 Å². The first-order valence-electron chi connectivity index (χ1n) is 16.5. The van der Waals surface area contributed by atoms with Crippen molar-refractivity contribution in [2.24, 2.45) is 34.3 Å². The lowest BCUT2D eigenvalue weighted by Crippen LogP contribution is -2.63. The normalized spacial score (nSPS) is 28.2. The van der Waals surface area contributed by atoms with Crippen LogP contribution >= 0.6 is 11.8 Å². The largest absolute Gasteiger partial charge is 0.363 e. The fraction of sp³-hybridized carbons (Fsp3) is 0.788. The zero-order valence-corrected chi connectivity index (χ0v) is 27.8. The van der Waals surface area contributed by atoms with Crippen molar-refractivity contribution in [3.05, 3.63) is 11.0 Å². The number of nitrogens with two attached hydrogens (primary N) is 1. The minimum Gasteiger partial charge on any atom is -0.363 e. The number of thioether (sulfide) groups is 1. The molecule has 5 N–H and O–H groups in total. The second kappa shape index (κ2) is 12.3. The molecule has 3 saturated carbocycles. The fourth-order valence-corrected chi connectivity index (χ4v) is 8.88. The molecule has 5 aliphatic rings. The number of rotatable bonds is 11. The molecule has 5 amide bonds. The number of hydrogen-bond acceptors (Lipinski definition) is 6. The second-order valence-corrected chi connectivity index (χ2v) is 16.6. The summed E-state index contributed by atoms with van der Waals surface area (Å²) in [5.74, 6) is -1.19. The zero-order chi connectivity index (χ0) is 32.0. The van der Waals surface area contributed by atoms with Crippen LogP contribution in [-0.2, 0) is 19.2 Å². The third-order valence-electron chi connectivity index (χ3n) is 10.8. The number of amides is 5. The molecule has 0 bridgehead atoms. The monoisotopic (exact) mass is 629 g/mol. The first-order chi connectivity index (χ1) is 20.6. The first-order valence-corrected chi connectivity index (χ1v) is 17.5. The molecule has 0 aromatic heterocycles. The molecule has 5 rings (SSSR count). The van der Waals surface area contributed by atoms with Crippen molar-refractivity contribution in [3.8, 4) is 0 Å². The van der Waals surface area contributed by atoms with E-state index in [1.807, 2.05) is 32.5 Å². The lowest BCUT2D eigenvalue weighted by Gasteiger charge is -2.41. The SMILES string of the molecule is CC(C)(C)[C@H](NC(=O)NC1(CC2=CSCC2)CCCCC1)C(=O)N1C[C@H]2[C@@H]([C@H]1C(=O)NC(CC1CC1)C(=O)C(N)=O)C2(C)C. The molecule has 2 aliphatic heterocycles. The molecule has 1 saturated heterocycles. The number of Topliss-reactive ketones (excluding diaryl/α,β-unsaturated/α-hetero) is 1. The average Bonchev–Trinajstić information content (AvgIpc) is 3.66. The van der Waals surface area contributed by atoms with Gasteiger partial charge in [0, 0.05) is 17.8 Å². The Balaban J connectivity index is 1.32. The summed E-state index contributed by atoms with van der Waals surface area (Å²) in [4.78, 5) is 67.9. The highest BCUT2D eigenvalue weighted by atomic mass is 32.2.